The molecule has 0 aliphatic carbocycles. The molecule has 1 amide bonds. The summed E-state index contributed by atoms with van der Waals surface area (Å²) in [6, 6.07) is 24.4. The Hall–Kier alpha value is -2.44. The molecule has 6 heteroatoms. The van der Waals surface area contributed by atoms with E-state index in [-0.39, 0.29) is 30.4 Å². The summed E-state index contributed by atoms with van der Waals surface area (Å²) in [5.74, 6) is -0.0922. The number of carbonyl (C=O) groups is 1. The largest absolute Gasteiger partial charge is 0.372 e. The fourth-order valence-corrected chi connectivity index (χ4v) is 4.34. The van der Waals surface area contributed by atoms with Crippen molar-refractivity contribution in [3.63, 3.8) is 0 Å². The van der Waals surface area contributed by atoms with Gasteiger partial charge in [0.25, 0.3) is 5.91 Å². The minimum absolute atomic E-state index is 0. The van der Waals surface area contributed by atoms with E-state index in [1.54, 1.807) is 0 Å². The molecule has 2 atom stereocenters. The highest BCUT2D eigenvalue weighted by Crippen LogP contribution is 2.27. The van der Waals surface area contributed by atoms with Crippen LogP contribution in [0.1, 0.15) is 42.7 Å². The van der Waals surface area contributed by atoms with Crippen LogP contribution in [0.2, 0.25) is 0 Å². The van der Waals surface area contributed by atoms with Gasteiger partial charge in [-0.05, 0) is 49.2 Å². The summed E-state index contributed by atoms with van der Waals surface area (Å²) in [4.78, 5) is 12.8. The van der Waals surface area contributed by atoms with Crippen LogP contribution in [0.25, 0.3) is 10.8 Å². The minimum atomic E-state index is -0.395. The molecule has 0 spiro atoms. The number of carbonyl (C=O) groups excluding carboxylic acids is 1. The molecule has 3 aromatic rings. The normalized spacial score (nSPS) is 19.2. The van der Waals surface area contributed by atoms with E-state index in [1.165, 1.54) is 16.3 Å². The lowest BCUT2D eigenvalue weighted by Crippen LogP contribution is -2.65. The molecule has 1 saturated heterocycles. The van der Waals surface area contributed by atoms with E-state index in [2.05, 4.69) is 74.0 Å². The Balaban J connectivity index is 0.00000289. The second kappa shape index (κ2) is 10.5. The number of amides is 1. The molecule has 4 rings (SSSR count). The molecule has 0 saturated carbocycles. The van der Waals surface area contributed by atoms with Gasteiger partial charge in [-0.15, -0.1) is 12.4 Å². The third-order valence-electron chi connectivity index (χ3n) is 6.17. The number of hydrogen-bond donors (Lipinski definition) is 2. The summed E-state index contributed by atoms with van der Waals surface area (Å²) in [5, 5.41) is 8.22. The number of hydrazine groups is 1. The molecular formula is C26H32ClN3O2. The maximum Gasteiger partial charge on any atom is 0.265 e. The number of nitrogens with zero attached hydrogens (tertiary/aromatic N) is 1. The van der Waals surface area contributed by atoms with E-state index < -0.39 is 5.60 Å². The first-order valence-electron chi connectivity index (χ1n) is 10.9. The van der Waals surface area contributed by atoms with Gasteiger partial charge in [-0.2, -0.15) is 0 Å². The van der Waals surface area contributed by atoms with Crippen molar-refractivity contribution in [1.29, 1.82) is 0 Å². The SMILES string of the molecule is C[C@@H](NCC1N(NC(=O)c2ccccc2)CCOC1(C)C)c1cccc2ccccc12.Cl. The topological polar surface area (TPSA) is 53.6 Å². The number of hydrogen-bond acceptors (Lipinski definition) is 4. The van der Waals surface area contributed by atoms with Gasteiger partial charge >= 0.3 is 0 Å². The summed E-state index contributed by atoms with van der Waals surface area (Å²) in [6.45, 7) is 8.28. The van der Waals surface area contributed by atoms with Crippen LogP contribution in [-0.4, -0.2) is 42.3 Å². The number of rotatable bonds is 6. The minimum Gasteiger partial charge on any atom is -0.372 e. The van der Waals surface area contributed by atoms with E-state index in [4.69, 9.17) is 4.74 Å². The Labute approximate surface area is 196 Å². The highest BCUT2D eigenvalue weighted by Gasteiger charge is 2.39. The lowest BCUT2D eigenvalue weighted by molar-refractivity contribution is -0.137. The van der Waals surface area contributed by atoms with E-state index >= 15 is 0 Å². The number of nitrogens with one attached hydrogen (secondary N) is 2. The van der Waals surface area contributed by atoms with Crippen LogP contribution in [0, 0.1) is 0 Å². The monoisotopic (exact) mass is 453 g/mol. The second-order valence-electron chi connectivity index (χ2n) is 8.67. The van der Waals surface area contributed by atoms with Gasteiger partial charge in [-0.3, -0.25) is 10.2 Å². The van der Waals surface area contributed by atoms with Gasteiger partial charge < -0.3 is 10.1 Å². The third-order valence-corrected chi connectivity index (χ3v) is 6.17. The van der Waals surface area contributed by atoms with Crippen LogP contribution in [0.15, 0.2) is 72.8 Å². The molecule has 5 nitrogen and oxygen atoms in total. The van der Waals surface area contributed by atoms with E-state index in [9.17, 15) is 4.79 Å². The van der Waals surface area contributed by atoms with Gasteiger partial charge in [0.05, 0.1) is 18.2 Å². The highest BCUT2D eigenvalue weighted by atomic mass is 35.5. The van der Waals surface area contributed by atoms with Crippen molar-refractivity contribution in [2.45, 2.75) is 38.5 Å². The molecule has 32 heavy (non-hydrogen) atoms. The van der Waals surface area contributed by atoms with E-state index in [0.29, 0.717) is 25.3 Å². The molecule has 0 bridgehead atoms. The first-order valence-corrected chi connectivity index (χ1v) is 10.9. The number of morpholine rings is 1. The van der Waals surface area contributed by atoms with Crippen LogP contribution >= 0.6 is 12.4 Å². The smallest absolute Gasteiger partial charge is 0.265 e. The first-order chi connectivity index (χ1) is 15.0. The number of ether oxygens (including phenoxy) is 1. The van der Waals surface area contributed by atoms with Gasteiger partial charge in [0.1, 0.15) is 0 Å². The molecule has 1 aliphatic heterocycles. The first kappa shape index (κ1) is 24.2. The van der Waals surface area contributed by atoms with E-state index in [1.807, 2.05) is 35.3 Å². The number of benzene rings is 3. The molecule has 0 aromatic heterocycles. The second-order valence-corrected chi connectivity index (χ2v) is 8.67. The zero-order valence-electron chi connectivity index (χ0n) is 18.9. The quantitative estimate of drug-likeness (QED) is 0.566. The molecule has 170 valence electrons. The van der Waals surface area contributed by atoms with Crippen molar-refractivity contribution in [2.24, 2.45) is 0 Å². The van der Waals surface area contributed by atoms with E-state index in [0.717, 1.165) is 0 Å². The Bertz CT molecular complexity index is 1040. The van der Waals surface area contributed by atoms with Crippen LogP contribution < -0.4 is 10.7 Å². The Morgan fingerprint density at radius 2 is 1.75 bits per heavy atom. The van der Waals surface area contributed by atoms with Crippen LogP contribution in [0.4, 0.5) is 0 Å². The summed E-state index contributed by atoms with van der Waals surface area (Å²) in [6.07, 6.45) is 0. The highest BCUT2D eigenvalue weighted by molar-refractivity contribution is 5.93. The third kappa shape index (κ3) is 5.30. The fraction of sp³-hybridized carbons (Fsp3) is 0.346. The van der Waals surface area contributed by atoms with Crippen molar-refractivity contribution in [3.05, 3.63) is 83.9 Å². The van der Waals surface area contributed by atoms with Crippen molar-refractivity contribution >= 4 is 29.1 Å². The van der Waals surface area contributed by atoms with Gasteiger partial charge in [0, 0.05) is 24.7 Å². The standard InChI is InChI=1S/C26H31N3O2.ClH/c1-19(22-15-9-13-20-10-7-8-14-23(20)22)27-18-24-26(2,3)31-17-16-29(24)28-25(30)21-11-5-4-6-12-21;/h4-15,19,24,27H,16-18H2,1-3H3,(H,28,30);1H/t19-,24?;/m1./s1. The molecular weight excluding hydrogens is 422 g/mol. The number of fused-ring (bicyclic) bond motifs is 1. The molecule has 0 radical (unpaired) electrons. The van der Waals surface area contributed by atoms with Gasteiger partial charge in [0.15, 0.2) is 0 Å². The average Bonchev–Trinajstić information content (AvgIpc) is 2.78. The van der Waals surface area contributed by atoms with Crippen LogP contribution in [0.3, 0.4) is 0 Å². The number of halogens is 1. The van der Waals surface area contributed by atoms with Gasteiger partial charge in [0.2, 0.25) is 0 Å². The van der Waals surface area contributed by atoms with Gasteiger partial charge in [-0.25, -0.2) is 5.01 Å². The summed E-state index contributed by atoms with van der Waals surface area (Å²) >= 11 is 0. The van der Waals surface area contributed by atoms with Crippen molar-refractivity contribution in [1.82, 2.24) is 15.8 Å². The molecule has 3 aromatic carbocycles. The zero-order chi connectivity index (χ0) is 21.8. The summed E-state index contributed by atoms with van der Waals surface area (Å²) in [7, 11) is 0. The maximum absolute atomic E-state index is 12.8. The predicted molar refractivity (Wildman–Crippen MR) is 132 cm³/mol. The summed E-state index contributed by atoms with van der Waals surface area (Å²) in [5.41, 5.74) is 4.64. The summed E-state index contributed by atoms with van der Waals surface area (Å²) < 4.78 is 6.07. The lowest BCUT2D eigenvalue weighted by Gasteiger charge is -2.46. The molecule has 1 heterocycles. The Morgan fingerprint density at radius 3 is 2.53 bits per heavy atom. The van der Waals surface area contributed by atoms with Crippen LogP contribution in [0.5, 0.6) is 0 Å². The average molecular weight is 454 g/mol. The molecule has 1 fully saturated rings. The Morgan fingerprint density at radius 1 is 1.06 bits per heavy atom. The molecule has 2 N–H and O–H groups in total. The fourth-order valence-electron chi connectivity index (χ4n) is 4.34. The van der Waals surface area contributed by atoms with Crippen LogP contribution in [-0.2, 0) is 4.74 Å². The predicted octanol–water partition coefficient (Wildman–Crippen LogP) is 4.74. The zero-order valence-corrected chi connectivity index (χ0v) is 19.7. The van der Waals surface area contributed by atoms with Crippen molar-refractivity contribution in [2.75, 3.05) is 19.7 Å². The lowest BCUT2D eigenvalue weighted by atomic mass is 9.94. The Kier molecular flexibility index (Phi) is 7.91. The van der Waals surface area contributed by atoms with Crippen molar-refractivity contribution in [3.8, 4) is 0 Å². The maximum atomic E-state index is 12.8. The van der Waals surface area contributed by atoms with Gasteiger partial charge in [-0.1, -0.05) is 60.7 Å². The van der Waals surface area contributed by atoms with Crippen molar-refractivity contribution < 1.29 is 9.53 Å². The molecule has 1 aliphatic rings. The molecule has 1 unspecified atom stereocenters.